The molecule has 1 aromatic heterocycles. The molecular formula is C21H20FN3O2. The third-order valence-corrected chi connectivity index (χ3v) is 6.28. The Morgan fingerprint density at radius 2 is 1.63 bits per heavy atom. The van der Waals surface area contributed by atoms with Gasteiger partial charge in [0.15, 0.2) is 0 Å². The Morgan fingerprint density at radius 3 is 2.22 bits per heavy atom. The first-order valence-electron chi connectivity index (χ1n) is 9.30. The summed E-state index contributed by atoms with van der Waals surface area (Å²) in [4.78, 5) is 27.6. The normalized spacial score (nSPS) is 28.5. The van der Waals surface area contributed by atoms with Crippen molar-refractivity contribution in [3.05, 3.63) is 59.2 Å². The van der Waals surface area contributed by atoms with Crippen LogP contribution in [0.5, 0.6) is 0 Å². The van der Waals surface area contributed by atoms with Gasteiger partial charge in [0.25, 0.3) is 0 Å². The summed E-state index contributed by atoms with van der Waals surface area (Å²) in [5.41, 5.74) is 2.96. The Bertz CT molecular complexity index is 962. The third kappa shape index (κ3) is 2.25. The topological polar surface area (TPSA) is 55.2 Å². The molecule has 2 aromatic rings. The van der Waals surface area contributed by atoms with Gasteiger partial charge in [-0.1, -0.05) is 24.3 Å². The number of imide groups is 1. The van der Waals surface area contributed by atoms with Gasteiger partial charge in [0.05, 0.1) is 35.5 Å². The van der Waals surface area contributed by atoms with Gasteiger partial charge in [-0.2, -0.15) is 5.10 Å². The van der Waals surface area contributed by atoms with Crippen LogP contribution in [0.15, 0.2) is 36.4 Å². The van der Waals surface area contributed by atoms with Gasteiger partial charge in [-0.25, -0.2) is 9.29 Å². The second-order valence-corrected chi connectivity index (χ2v) is 7.82. The van der Waals surface area contributed by atoms with Crippen molar-refractivity contribution in [2.75, 3.05) is 4.90 Å². The lowest BCUT2D eigenvalue weighted by molar-refractivity contribution is -0.123. The smallest absolute Gasteiger partial charge is 0.238 e. The fourth-order valence-corrected chi connectivity index (χ4v) is 5.05. The molecule has 1 aromatic carbocycles. The van der Waals surface area contributed by atoms with Crippen LogP contribution in [0.2, 0.25) is 0 Å². The maximum atomic E-state index is 13.1. The molecule has 1 saturated heterocycles. The monoisotopic (exact) mass is 365 g/mol. The van der Waals surface area contributed by atoms with Crippen molar-refractivity contribution < 1.29 is 14.0 Å². The largest absolute Gasteiger partial charge is 0.274 e. The number of aryl methyl sites for hydroxylation is 1. The molecule has 3 aliphatic rings. The maximum absolute atomic E-state index is 13.1. The Labute approximate surface area is 156 Å². The van der Waals surface area contributed by atoms with Crippen LogP contribution in [0.25, 0.3) is 0 Å². The summed E-state index contributed by atoms with van der Waals surface area (Å²) in [7, 11) is 0. The van der Waals surface area contributed by atoms with Crippen molar-refractivity contribution in [3.8, 4) is 0 Å². The van der Waals surface area contributed by atoms with E-state index < -0.39 is 0 Å². The Kier molecular flexibility index (Phi) is 3.41. The SMILES string of the molecule is Cc1nn(Cc2ccc(F)cc2)c(C)c1N1C(=O)[C@@H]2[C@H](C1=O)[C@@H]1C=C[C@H]2C1. The van der Waals surface area contributed by atoms with E-state index in [4.69, 9.17) is 0 Å². The minimum atomic E-state index is -0.282. The summed E-state index contributed by atoms with van der Waals surface area (Å²) in [6.45, 7) is 4.16. The molecule has 5 rings (SSSR count). The summed E-state index contributed by atoms with van der Waals surface area (Å²) in [5.74, 6) is -0.509. The van der Waals surface area contributed by atoms with E-state index in [-0.39, 0.29) is 41.3 Å². The van der Waals surface area contributed by atoms with Gasteiger partial charge in [-0.15, -0.1) is 0 Å². The zero-order valence-electron chi connectivity index (χ0n) is 15.2. The molecule has 138 valence electrons. The molecule has 2 heterocycles. The highest BCUT2D eigenvalue weighted by atomic mass is 19.1. The average Bonchev–Trinajstić information content (AvgIpc) is 3.37. The zero-order chi connectivity index (χ0) is 18.9. The number of amides is 2. The average molecular weight is 365 g/mol. The van der Waals surface area contributed by atoms with E-state index in [0.29, 0.717) is 17.9 Å². The quantitative estimate of drug-likeness (QED) is 0.621. The molecule has 1 saturated carbocycles. The summed E-state index contributed by atoms with van der Waals surface area (Å²) in [6.07, 6.45) is 5.11. The second-order valence-electron chi connectivity index (χ2n) is 7.82. The fraction of sp³-hybridized carbons (Fsp3) is 0.381. The van der Waals surface area contributed by atoms with Gasteiger partial charge in [-0.05, 0) is 49.8 Å². The van der Waals surface area contributed by atoms with Gasteiger partial charge in [-0.3, -0.25) is 14.3 Å². The number of hydrogen-bond acceptors (Lipinski definition) is 3. The molecule has 4 atom stereocenters. The number of hydrogen-bond donors (Lipinski definition) is 0. The molecule has 2 bridgehead atoms. The number of aromatic nitrogens is 2. The molecule has 2 amide bonds. The van der Waals surface area contributed by atoms with E-state index in [1.807, 2.05) is 13.8 Å². The molecule has 2 fully saturated rings. The molecule has 1 aliphatic heterocycles. The number of carbonyl (C=O) groups excluding carboxylic acids is 2. The van der Waals surface area contributed by atoms with Crippen LogP contribution in [0.3, 0.4) is 0 Å². The van der Waals surface area contributed by atoms with Gasteiger partial charge < -0.3 is 0 Å². The van der Waals surface area contributed by atoms with E-state index in [1.165, 1.54) is 17.0 Å². The lowest BCUT2D eigenvalue weighted by Gasteiger charge is -2.18. The molecular weight excluding hydrogens is 345 g/mol. The van der Waals surface area contributed by atoms with Crippen LogP contribution in [-0.4, -0.2) is 21.6 Å². The van der Waals surface area contributed by atoms with Gasteiger partial charge in [0.1, 0.15) is 5.82 Å². The maximum Gasteiger partial charge on any atom is 0.238 e. The Hall–Kier alpha value is -2.76. The van der Waals surface area contributed by atoms with Crippen molar-refractivity contribution in [1.82, 2.24) is 9.78 Å². The molecule has 2 aliphatic carbocycles. The first-order chi connectivity index (χ1) is 13.0. The highest BCUT2D eigenvalue weighted by Gasteiger charge is 2.60. The highest BCUT2D eigenvalue weighted by molar-refractivity contribution is 6.23. The first kappa shape index (κ1) is 16.4. The predicted molar refractivity (Wildman–Crippen MR) is 97.4 cm³/mol. The van der Waals surface area contributed by atoms with Crippen molar-refractivity contribution in [3.63, 3.8) is 0 Å². The van der Waals surface area contributed by atoms with Gasteiger partial charge in [0, 0.05) is 0 Å². The van der Waals surface area contributed by atoms with E-state index in [9.17, 15) is 14.0 Å². The van der Waals surface area contributed by atoms with E-state index >= 15 is 0 Å². The Balaban J connectivity index is 1.49. The number of allylic oxidation sites excluding steroid dienone is 2. The second kappa shape index (κ2) is 5.62. The molecule has 0 spiro atoms. The molecule has 0 radical (unpaired) electrons. The summed E-state index contributed by atoms with van der Waals surface area (Å²) in [6, 6.07) is 6.26. The van der Waals surface area contributed by atoms with Crippen LogP contribution in [0.4, 0.5) is 10.1 Å². The number of fused-ring (bicyclic) bond motifs is 5. The number of rotatable bonds is 3. The van der Waals surface area contributed by atoms with E-state index in [2.05, 4.69) is 17.3 Å². The first-order valence-corrected chi connectivity index (χ1v) is 9.30. The Morgan fingerprint density at radius 1 is 1.04 bits per heavy atom. The number of nitrogens with zero attached hydrogens (tertiary/aromatic N) is 3. The fourth-order valence-electron chi connectivity index (χ4n) is 5.05. The molecule has 27 heavy (non-hydrogen) atoms. The summed E-state index contributed by atoms with van der Waals surface area (Å²) >= 11 is 0. The zero-order valence-corrected chi connectivity index (χ0v) is 15.2. The minimum Gasteiger partial charge on any atom is -0.274 e. The summed E-state index contributed by atoms with van der Waals surface area (Å²) < 4.78 is 14.9. The molecule has 0 unspecified atom stereocenters. The lowest BCUT2D eigenvalue weighted by atomic mass is 9.85. The third-order valence-electron chi connectivity index (χ3n) is 6.28. The lowest BCUT2D eigenvalue weighted by Crippen LogP contribution is -2.33. The van der Waals surface area contributed by atoms with E-state index in [1.54, 1.807) is 16.8 Å². The standard InChI is InChI=1S/C21H20FN3O2/c1-11-19(12(2)24(23-11)10-13-3-7-16(22)8-4-13)25-20(26)17-14-5-6-15(9-14)18(17)21(25)27/h3-8,14-15,17-18H,9-10H2,1-2H3/t14-,15+,17-,18+. The molecule has 6 heteroatoms. The van der Waals surface area contributed by atoms with Crippen molar-refractivity contribution in [2.45, 2.75) is 26.8 Å². The van der Waals surface area contributed by atoms with Crippen LogP contribution in [-0.2, 0) is 16.1 Å². The van der Waals surface area contributed by atoms with Crippen molar-refractivity contribution in [2.24, 2.45) is 23.7 Å². The van der Waals surface area contributed by atoms with Crippen LogP contribution in [0.1, 0.15) is 23.4 Å². The van der Waals surface area contributed by atoms with Crippen molar-refractivity contribution in [1.29, 1.82) is 0 Å². The van der Waals surface area contributed by atoms with Crippen molar-refractivity contribution >= 4 is 17.5 Å². The molecule has 5 nitrogen and oxygen atoms in total. The summed E-state index contributed by atoms with van der Waals surface area (Å²) in [5, 5.41) is 4.55. The predicted octanol–water partition coefficient (Wildman–Crippen LogP) is 3.00. The van der Waals surface area contributed by atoms with E-state index in [0.717, 1.165) is 17.7 Å². The highest BCUT2D eigenvalue weighted by Crippen LogP contribution is 2.53. The minimum absolute atomic E-state index is 0.0885. The molecule has 0 N–H and O–H groups in total. The van der Waals surface area contributed by atoms with Crippen LogP contribution in [0, 0.1) is 43.3 Å². The van der Waals surface area contributed by atoms with Crippen LogP contribution < -0.4 is 4.90 Å². The number of anilines is 1. The van der Waals surface area contributed by atoms with Crippen LogP contribution >= 0.6 is 0 Å². The van der Waals surface area contributed by atoms with Gasteiger partial charge in [0.2, 0.25) is 11.8 Å². The number of benzene rings is 1. The number of halogens is 1. The number of carbonyl (C=O) groups is 2. The van der Waals surface area contributed by atoms with Gasteiger partial charge >= 0.3 is 0 Å².